The van der Waals surface area contributed by atoms with E-state index in [1.165, 1.54) is 0 Å². The van der Waals surface area contributed by atoms with Crippen LogP contribution in [0, 0.1) is 11.3 Å². The standard InChI is InChI=1S/C15H18N2O/c1-2-13-9-6-10-17(13)15(18)14(11-16)12-7-4-3-5-8-12/h3-5,7-8,13-14H,2,6,9-10H2,1H3. The SMILES string of the molecule is CCC1CCCN1C(=O)C(C#N)c1ccccc1. The molecule has 0 radical (unpaired) electrons. The highest BCUT2D eigenvalue weighted by molar-refractivity contribution is 5.87. The number of nitrogens with zero attached hydrogens (tertiary/aromatic N) is 2. The van der Waals surface area contributed by atoms with Gasteiger partial charge in [-0.15, -0.1) is 0 Å². The second kappa shape index (κ2) is 5.68. The summed E-state index contributed by atoms with van der Waals surface area (Å²) in [6.45, 7) is 2.89. The summed E-state index contributed by atoms with van der Waals surface area (Å²) in [4.78, 5) is 14.3. The highest BCUT2D eigenvalue weighted by Crippen LogP contribution is 2.25. The van der Waals surface area contributed by atoms with Crippen LogP contribution in [0.1, 0.15) is 37.7 Å². The van der Waals surface area contributed by atoms with Crippen molar-refractivity contribution in [2.24, 2.45) is 0 Å². The van der Waals surface area contributed by atoms with E-state index >= 15 is 0 Å². The zero-order chi connectivity index (χ0) is 13.0. The van der Waals surface area contributed by atoms with Crippen molar-refractivity contribution in [2.75, 3.05) is 6.54 Å². The molecule has 1 aromatic carbocycles. The molecule has 0 bridgehead atoms. The fourth-order valence-electron chi connectivity index (χ4n) is 2.63. The van der Waals surface area contributed by atoms with Crippen LogP contribution in [0.5, 0.6) is 0 Å². The monoisotopic (exact) mass is 242 g/mol. The van der Waals surface area contributed by atoms with Crippen LogP contribution in [0.3, 0.4) is 0 Å². The molecular weight excluding hydrogens is 224 g/mol. The zero-order valence-corrected chi connectivity index (χ0v) is 10.7. The molecule has 18 heavy (non-hydrogen) atoms. The van der Waals surface area contributed by atoms with E-state index in [1.54, 1.807) is 0 Å². The van der Waals surface area contributed by atoms with Gasteiger partial charge in [0.25, 0.3) is 0 Å². The first-order valence-corrected chi connectivity index (χ1v) is 6.53. The van der Waals surface area contributed by atoms with Crippen molar-refractivity contribution in [3.8, 4) is 6.07 Å². The second-order valence-electron chi connectivity index (χ2n) is 4.71. The van der Waals surface area contributed by atoms with E-state index < -0.39 is 5.92 Å². The van der Waals surface area contributed by atoms with E-state index in [0.29, 0.717) is 6.04 Å². The molecule has 0 aliphatic carbocycles. The number of rotatable bonds is 3. The van der Waals surface area contributed by atoms with Gasteiger partial charge in [0.05, 0.1) is 6.07 Å². The molecule has 0 saturated carbocycles. The summed E-state index contributed by atoms with van der Waals surface area (Å²) in [5, 5.41) is 9.27. The normalized spacial score (nSPS) is 20.4. The third-order valence-corrected chi connectivity index (χ3v) is 3.64. The minimum Gasteiger partial charge on any atom is -0.338 e. The molecule has 2 unspecified atom stereocenters. The maximum Gasteiger partial charge on any atom is 0.244 e. The quantitative estimate of drug-likeness (QED) is 0.818. The summed E-state index contributed by atoms with van der Waals surface area (Å²) in [6.07, 6.45) is 3.09. The van der Waals surface area contributed by atoms with Crippen LogP contribution in [0.2, 0.25) is 0 Å². The van der Waals surface area contributed by atoms with Crippen molar-refractivity contribution < 1.29 is 4.79 Å². The Labute approximate surface area is 108 Å². The summed E-state index contributed by atoms with van der Waals surface area (Å²) >= 11 is 0. The van der Waals surface area contributed by atoms with Gasteiger partial charge in [0.15, 0.2) is 0 Å². The Morgan fingerprint density at radius 2 is 2.22 bits per heavy atom. The molecule has 1 aromatic rings. The van der Waals surface area contributed by atoms with Crippen molar-refractivity contribution in [3.05, 3.63) is 35.9 Å². The number of likely N-dealkylation sites (tertiary alicyclic amines) is 1. The predicted octanol–water partition coefficient (Wildman–Crippen LogP) is 2.69. The maximum absolute atomic E-state index is 12.4. The first-order valence-electron chi connectivity index (χ1n) is 6.53. The minimum absolute atomic E-state index is 0.0342. The van der Waals surface area contributed by atoms with Gasteiger partial charge in [0.1, 0.15) is 5.92 Å². The number of hydrogen-bond donors (Lipinski definition) is 0. The third kappa shape index (κ3) is 2.38. The van der Waals surface area contributed by atoms with Crippen LogP contribution in [-0.4, -0.2) is 23.4 Å². The smallest absolute Gasteiger partial charge is 0.244 e. The maximum atomic E-state index is 12.4. The van der Waals surface area contributed by atoms with E-state index in [2.05, 4.69) is 13.0 Å². The van der Waals surface area contributed by atoms with Crippen LogP contribution in [-0.2, 0) is 4.79 Å². The zero-order valence-electron chi connectivity index (χ0n) is 10.7. The number of hydrogen-bond acceptors (Lipinski definition) is 2. The van der Waals surface area contributed by atoms with Crippen molar-refractivity contribution in [3.63, 3.8) is 0 Å². The fraction of sp³-hybridized carbons (Fsp3) is 0.467. The molecule has 1 aliphatic rings. The van der Waals surface area contributed by atoms with Gasteiger partial charge < -0.3 is 4.90 Å². The van der Waals surface area contributed by atoms with E-state index in [-0.39, 0.29) is 5.91 Å². The van der Waals surface area contributed by atoms with Crippen molar-refractivity contribution >= 4 is 5.91 Å². The molecule has 1 fully saturated rings. The molecule has 1 amide bonds. The molecule has 1 saturated heterocycles. The van der Waals surface area contributed by atoms with Crippen LogP contribution in [0.25, 0.3) is 0 Å². The molecule has 2 rings (SSSR count). The van der Waals surface area contributed by atoms with Gasteiger partial charge in [-0.25, -0.2) is 0 Å². The highest BCUT2D eigenvalue weighted by Gasteiger charge is 2.32. The molecule has 3 nitrogen and oxygen atoms in total. The lowest BCUT2D eigenvalue weighted by Gasteiger charge is -2.25. The van der Waals surface area contributed by atoms with Gasteiger partial charge >= 0.3 is 0 Å². The second-order valence-corrected chi connectivity index (χ2v) is 4.71. The minimum atomic E-state index is -0.654. The number of carbonyl (C=O) groups excluding carboxylic acids is 1. The first-order chi connectivity index (χ1) is 8.77. The van der Waals surface area contributed by atoms with Crippen LogP contribution in [0.4, 0.5) is 0 Å². The number of carbonyl (C=O) groups is 1. The van der Waals surface area contributed by atoms with E-state index in [0.717, 1.165) is 31.4 Å². The molecule has 94 valence electrons. The Hall–Kier alpha value is -1.82. The highest BCUT2D eigenvalue weighted by atomic mass is 16.2. The summed E-state index contributed by atoms with van der Waals surface area (Å²) in [5.74, 6) is -0.689. The van der Waals surface area contributed by atoms with Gasteiger partial charge in [-0.3, -0.25) is 4.79 Å². The van der Waals surface area contributed by atoms with Crippen LogP contribution in [0.15, 0.2) is 30.3 Å². The Morgan fingerprint density at radius 3 is 2.83 bits per heavy atom. The van der Waals surface area contributed by atoms with Crippen molar-refractivity contribution in [1.29, 1.82) is 5.26 Å². The Balaban J connectivity index is 2.19. The summed E-state index contributed by atoms with van der Waals surface area (Å²) < 4.78 is 0. The fourth-order valence-corrected chi connectivity index (χ4v) is 2.63. The molecule has 1 aliphatic heterocycles. The Morgan fingerprint density at radius 1 is 1.50 bits per heavy atom. The summed E-state index contributed by atoms with van der Waals surface area (Å²) in [5.41, 5.74) is 0.798. The molecule has 0 N–H and O–H groups in total. The van der Waals surface area contributed by atoms with Gasteiger partial charge in [0, 0.05) is 12.6 Å². The van der Waals surface area contributed by atoms with Gasteiger partial charge in [-0.05, 0) is 24.8 Å². The van der Waals surface area contributed by atoms with Gasteiger partial charge in [-0.2, -0.15) is 5.26 Å². The Kier molecular flexibility index (Phi) is 3.99. The third-order valence-electron chi connectivity index (χ3n) is 3.64. The molecule has 0 aromatic heterocycles. The number of benzene rings is 1. The predicted molar refractivity (Wildman–Crippen MR) is 69.8 cm³/mol. The molecule has 0 spiro atoms. The largest absolute Gasteiger partial charge is 0.338 e. The molecular formula is C15H18N2O. The molecule has 1 heterocycles. The van der Waals surface area contributed by atoms with Crippen LogP contribution >= 0.6 is 0 Å². The lowest BCUT2D eigenvalue weighted by atomic mass is 9.98. The number of amides is 1. The molecule has 2 atom stereocenters. The first kappa shape index (κ1) is 12.6. The van der Waals surface area contributed by atoms with E-state index in [1.807, 2.05) is 35.2 Å². The van der Waals surface area contributed by atoms with E-state index in [9.17, 15) is 10.1 Å². The lowest BCUT2D eigenvalue weighted by Crippen LogP contribution is -2.38. The van der Waals surface area contributed by atoms with Gasteiger partial charge in [0.2, 0.25) is 5.91 Å². The number of nitriles is 1. The van der Waals surface area contributed by atoms with Crippen molar-refractivity contribution in [1.82, 2.24) is 4.90 Å². The Bertz CT molecular complexity index is 449. The summed E-state index contributed by atoms with van der Waals surface area (Å²) in [6, 6.07) is 11.8. The lowest BCUT2D eigenvalue weighted by molar-refractivity contribution is -0.132. The van der Waals surface area contributed by atoms with Crippen LogP contribution < -0.4 is 0 Å². The molecule has 3 heteroatoms. The average molecular weight is 242 g/mol. The van der Waals surface area contributed by atoms with Crippen molar-refractivity contribution in [2.45, 2.75) is 38.1 Å². The van der Waals surface area contributed by atoms with E-state index in [4.69, 9.17) is 0 Å². The average Bonchev–Trinajstić information content (AvgIpc) is 2.89. The summed E-state index contributed by atoms with van der Waals surface area (Å²) in [7, 11) is 0. The topological polar surface area (TPSA) is 44.1 Å². The van der Waals surface area contributed by atoms with Gasteiger partial charge in [-0.1, -0.05) is 37.3 Å².